The minimum absolute atomic E-state index is 0.0204. The molecule has 0 aliphatic carbocycles. The summed E-state index contributed by atoms with van der Waals surface area (Å²) in [4.78, 5) is 9.72. The average molecular weight is 493 g/mol. The Morgan fingerprint density at radius 1 is 0.694 bits per heavy atom. The van der Waals surface area contributed by atoms with E-state index in [0.717, 1.165) is 43.2 Å². The van der Waals surface area contributed by atoms with Crippen LogP contribution in [0.1, 0.15) is 52.7 Å². The van der Waals surface area contributed by atoms with Crippen LogP contribution in [-0.2, 0) is 10.8 Å². The zero-order valence-electron chi connectivity index (χ0n) is 21.8. The zero-order chi connectivity index (χ0) is 25.7. The van der Waals surface area contributed by atoms with E-state index in [9.17, 15) is 5.11 Å². The first-order valence-electron chi connectivity index (χ1n) is 12.3. The molecule has 2 aromatic heterocycles. The number of hydrogen-bond acceptors (Lipinski definition) is 4. The maximum atomic E-state index is 10.5. The van der Waals surface area contributed by atoms with Crippen LogP contribution in [0.2, 0.25) is 0 Å². The normalized spacial score (nSPS) is 12.3. The van der Waals surface area contributed by atoms with E-state index in [-0.39, 0.29) is 16.6 Å². The van der Waals surface area contributed by atoms with E-state index in [2.05, 4.69) is 82.9 Å². The summed E-state index contributed by atoms with van der Waals surface area (Å²) in [5.74, 6) is 0.251. The monoisotopic (exact) mass is 492 g/mol. The van der Waals surface area contributed by atoms with Crippen LogP contribution in [0.15, 0.2) is 79.0 Å². The summed E-state index contributed by atoms with van der Waals surface area (Å²) in [6.07, 6.45) is 1.84. The van der Waals surface area contributed by atoms with Gasteiger partial charge in [-0.15, -0.1) is 11.3 Å². The summed E-state index contributed by atoms with van der Waals surface area (Å²) >= 11 is 1.63. The molecule has 0 saturated carbocycles. The topological polar surface area (TPSA) is 46.0 Å². The number of hydrogen-bond donors (Lipinski definition) is 1. The van der Waals surface area contributed by atoms with E-state index in [0.29, 0.717) is 0 Å². The summed E-state index contributed by atoms with van der Waals surface area (Å²) in [6, 6.07) is 24.8. The fourth-order valence-electron chi connectivity index (χ4n) is 4.35. The molecule has 0 radical (unpaired) electrons. The van der Waals surface area contributed by atoms with Crippen LogP contribution in [0.25, 0.3) is 43.2 Å². The van der Waals surface area contributed by atoms with Gasteiger partial charge >= 0.3 is 0 Å². The second-order valence-electron chi connectivity index (χ2n) is 11.4. The Balaban J connectivity index is 1.81. The van der Waals surface area contributed by atoms with Crippen LogP contribution < -0.4 is 0 Å². The summed E-state index contributed by atoms with van der Waals surface area (Å²) in [5, 5.41) is 11.3. The minimum Gasteiger partial charge on any atom is -0.507 e. The molecule has 3 nitrogen and oxygen atoms in total. The largest absolute Gasteiger partial charge is 0.507 e. The van der Waals surface area contributed by atoms with Gasteiger partial charge in [0.2, 0.25) is 0 Å². The van der Waals surface area contributed by atoms with Crippen molar-refractivity contribution < 1.29 is 5.11 Å². The zero-order valence-corrected chi connectivity index (χ0v) is 22.6. The first-order valence-corrected chi connectivity index (χ1v) is 13.1. The summed E-state index contributed by atoms with van der Waals surface area (Å²) in [7, 11) is 0. The number of nitrogens with zero attached hydrogens (tertiary/aromatic N) is 2. The lowest BCUT2D eigenvalue weighted by Gasteiger charge is -2.23. The molecule has 0 unspecified atom stereocenters. The van der Waals surface area contributed by atoms with Crippen molar-refractivity contribution in [2.24, 2.45) is 0 Å². The molecule has 1 N–H and O–H groups in total. The van der Waals surface area contributed by atoms with Gasteiger partial charge in [-0.2, -0.15) is 0 Å². The van der Waals surface area contributed by atoms with Gasteiger partial charge in [0.1, 0.15) is 10.8 Å². The smallest absolute Gasteiger partial charge is 0.128 e. The predicted octanol–water partition coefficient (Wildman–Crippen LogP) is 8.99. The fourth-order valence-corrected chi connectivity index (χ4v) is 5.42. The summed E-state index contributed by atoms with van der Waals surface area (Å²) in [6.45, 7) is 13.5. The van der Waals surface area contributed by atoms with Crippen LogP contribution in [-0.4, -0.2) is 15.1 Å². The lowest BCUT2D eigenvalue weighted by molar-refractivity contribution is 0.477. The van der Waals surface area contributed by atoms with Gasteiger partial charge in [0.15, 0.2) is 0 Å². The van der Waals surface area contributed by atoms with Gasteiger partial charge in [-0.1, -0.05) is 65.8 Å². The van der Waals surface area contributed by atoms with Crippen LogP contribution in [0, 0.1) is 0 Å². The number of aromatic hydroxyl groups is 1. The molecule has 0 aliphatic rings. The van der Waals surface area contributed by atoms with Crippen LogP contribution in [0.4, 0.5) is 0 Å². The Morgan fingerprint density at radius 2 is 1.36 bits per heavy atom. The first kappa shape index (κ1) is 24.2. The first-order chi connectivity index (χ1) is 17.0. The quantitative estimate of drug-likeness (QED) is 0.273. The molecule has 0 amide bonds. The van der Waals surface area contributed by atoms with E-state index < -0.39 is 0 Å². The number of pyridine rings is 1. The molecule has 0 atom stereocenters. The second-order valence-corrected chi connectivity index (χ2v) is 12.5. The van der Waals surface area contributed by atoms with E-state index in [1.54, 1.807) is 17.4 Å². The molecule has 0 fully saturated rings. The second kappa shape index (κ2) is 8.86. The predicted molar refractivity (Wildman–Crippen MR) is 153 cm³/mol. The Kier molecular flexibility index (Phi) is 5.96. The van der Waals surface area contributed by atoms with Gasteiger partial charge in [-0.25, -0.2) is 4.98 Å². The van der Waals surface area contributed by atoms with E-state index >= 15 is 0 Å². The van der Waals surface area contributed by atoms with Crippen molar-refractivity contribution >= 4 is 21.6 Å². The number of para-hydroxylation sites is 1. The molecule has 0 saturated heterocycles. The Hall–Kier alpha value is -3.50. The maximum Gasteiger partial charge on any atom is 0.128 e. The SMILES string of the molecule is CC(C)(C)c1cc(-c2ccccn2)cc(-c2cc(C(C)(C)C)cc3sc(-c4ccccc4O)nc23)c1. The molecule has 0 spiro atoms. The average Bonchev–Trinajstić information content (AvgIpc) is 3.27. The molecule has 4 heteroatoms. The number of phenolic OH excluding ortho intramolecular Hbond substituents is 1. The molecule has 0 aliphatic heterocycles. The maximum absolute atomic E-state index is 10.5. The van der Waals surface area contributed by atoms with Crippen molar-refractivity contribution in [1.82, 2.24) is 9.97 Å². The van der Waals surface area contributed by atoms with Crippen LogP contribution in [0.3, 0.4) is 0 Å². The van der Waals surface area contributed by atoms with Crippen molar-refractivity contribution in [3.8, 4) is 38.7 Å². The minimum atomic E-state index is -0.0244. The molecular weight excluding hydrogens is 460 g/mol. The highest BCUT2D eigenvalue weighted by molar-refractivity contribution is 7.21. The Bertz CT molecular complexity index is 1550. The fraction of sp³-hybridized carbons (Fsp3) is 0.250. The number of aromatic nitrogens is 2. The number of thiazole rings is 1. The van der Waals surface area contributed by atoms with E-state index in [1.165, 1.54) is 11.1 Å². The Morgan fingerprint density at radius 3 is 2.03 bits per heavy atom. The third-order valence-corrected chi connectivity index (χ3v) is 7.60. The van der Waals surface area contributed by atoms with Gasteiger partial charge in [-0.05, 0) is 76.1 Å². The van der Waals surface area contributed by atoms with Crippen molar-refractivity contribution in [3.05, 3.63) is 90.1 Å². The number of rotatable bonds is 3. The van der Waals surface area contributed by atoms with Crippen LogP contribution in [0.5, 0.6) is 5.75 Å². The molecule has 5 aromatic rings. The molecule has 36 heavy (non-hydrogen) atoms. The lowest BCUT2D eigenvalue weighted by atomic mass is 9.82. The highest BCUT2D eigenvalue weighted by atomic mass is 32.1. The van der Waals surface area contributed by atoms with Crippen molar-refractivity contribution in [3.63, 3.8) is 0 Å². The lowest BCUT2D eigenvalue weighted by Crippen LogP contribution is -2.12. The summed E-state index contributed by atoms with van der Waals surface area (Å²) in [5.41, 5.74) is 8.50. The standard InChI is InChI=1S/C32H32N2OS/c1-31(2,3)22-16-20(15-21(17-22)26-12-9-10-14-33-26)25-18-23(32(4,5)6)19-28-29(25)34-30(36-28)24-11-7-8-13-27(24)35/h7-19,35H,1-6H3. The van der Waals surface area contributed by atoms with Gasteiger partial charge in [0, 0.05) is 17.3 Å². The highest BCUT2D eigenvalue weighted by Crippen LogP contribution is 2.42. The molecular formula is C32H32N2OS. The number of phenols is 1. The Labute approximate surface area is 217 Å². The molecule has 182 valence electrons. The molecule has 3 aromatic carbocycles. The third kappa shape index (κ3) is 4.66. The van der Waals surface area contributed by atoms with Gasteiger partial charge in [-0.3, -0.25) is 4.98 Å². The molecule has 0 bridgehead atoms. The van der Waals surface area contributed by atoms with Gasteiger partial charge < -0.3 is 5.11 Å². The molecule has 2 heterocycles. The third-order valence-electron chi connectivity index (χ3n) is 6.57. The van der Waals surface area contributed by atoms with Gasteiger partial charge in [0.25, 0.3) is 0 Å². The van der Waals surface area contributed by atoms with E-state index in [4.69, 9.17) is 4.98 Å². The van der Waals surface area contributed by atoms with Crippen molar-refractivity contribution in [2.75, 3.05) is 0 Å². The van der Waals surface area contributed by atoms with E-state index in [1.807, 2.05) is 36.5 Å². The number of fused-ring (bicyclic) bond motifs is 1. The van der Waals surface area contributed by atoms with Gasteiger partial charge in [0.05, 0.1) is 21.5 Å². The van der Waals surface area contributed by atoms with Crippen molar-refractivity contribution in [2.45, 2.75) is 52.4 Å². The number of benzene rings is 3. The highest BCUT2D eigenvalue weighted by Gasteiger charge is 2.22. The summed E-state index contributed by atoms with van der Waals surface area (Å²) < 4.78 is 1.12. The molecule has 5 rings (SSSR count). The van der Waals surface area contributed by atoms with Crippen molar-refractivity contribution in [1.29, 1.82) is 0 Å². The van der Waals surface area contributed by atoms with Crippen LogP contribution >= 0.6 is 11.3 Å².